The summed E-state index contributed by atoms with van der Waals surface area (Å²) in [6, 6.07) is 5.58. The smallest absolute Gasteiger partial charge is 0.309 e. The molecule has 2 aromatic rings. The molecule has 0 aliphatic carbocycles. The molecule has 1 N–H and O–H groups in total. The van der Waals surface area contributed by atoms with Crippen LogP contribution in [-0.2, 0) is 11.2 Å². The fourth-order valence-corrected chi connectivity index (χ4v) is 1.33. The number of aliphatic carboxylic acids is 1. The average molecular weight is 221 g/mol. The summed E-state index contributed by atoms with van der Waals surface area (Å²) in [5, 5.41) is 16.1. The van der Waals surface area contributed by atoms with E-state index in [0.29, 0.717) is 11.4 Å². The molecule has 0 unspecified atom stereocenters. The second kappa shape index (κ2) is 4.09. The number of nitrogens with zero attached hydrogens (tertiary/aromatic N) is 3. The molecule has 5 nitrogen and oxygen atoms in total. The minimum absolute atomic E-state index is 0.176. The third kappa shape index (κ3) is 2.05. The highest BCUT2D eigenvalue weighted by molar-refractivity contribution is 5.69. The number of rotatable bonds is 3. The first-order valence-corrected chi connectivity index (χ1v) is 4.54. The molecule has 0 saturated heterocycles. The molecule has 1 aromatic carbocycles. The Balaban J connectivity index is 2.36. The first kappa shape index (κ1) is 10.3. The highest BCUT2D eigenvalue weighted by Crippen LogP contribution is 2.10. The van der Waals surface area contributed by atoms with Gasteiger partial charge in [-0.2, -0.15) is 0 Å². The van der Waals surface area contributed by atoms with Crippen molar-refractivity contribution in [1.82, 2.24) is 15.0 Å². The molecule has 0 amide bonds. The van der Waals surface area contributed by atoms with Gasteiger partial charge >= 0.3 is 5.97 Å². The minimum atomic E-state index is -0.967. The van der Waals surface area contributed by atoms with E-state index in [1.807, 2.05) is 0 Å². The van der Waals surface area contributed by atoms with E-state index in [9.17, 15) is 9.18 Å². The monoisotopic (exact) mass is 221 g/mol. The molecular weight excluding hydrogens is 213 g/mol. The molecule has 0 aliphatic heterocycles. The van der Waals surface area contributed by atoms with Gasteiger partial charge < -0.3 is 5.11 Å². The molecule has 0 radical (unpaired) electrons. The molecule has 2 rings (SSSR count). The van der Waals surface area contributed by atoms with E-state index in [2.05, 4.69) is 10.3 Å². The van der Waals surface area contributed by atoms with E-state index in [0.717, 1.165) is 0 Å². The average Bonchev–Trinajstić information content (AvgIpc) is 2.66. The van der Waals surface area contributed by atoms with Crippen LogP contribution in [0.2, 0.25) is 0 Å². The zero-order chi connectivity index (χ0) is 11.5. The number of carboxylic acid groups (broad SMARTS) is 1. The predicted molar refractivity (Wildman–Crippen MR) is 52.7 cm³/mol. The van der Waals surface area contributed by atoms with Crippen molar-refractivity contribution in [3.8, 4) is 5.69 Å². The zero-order valence-corrected chi connectivity index (χ0v) is 8.17. The summed E-state index contributed by atoms with van der Waals surface area (Å²) in [4.78, 5) is 10.6. The number of hydrogen-bond donors (Lipinski definition) is 1. The lowest BCUT2D eigenvalue weighted by molar-refractivity contribution is -0.136. The van der Waals surface area contributed by atoms with Gasteiger partial charge in [-0.25, -0.2) is 9.07 Å². The topological polar surface area (TPSA) is 68.0 Å². The molecule has 0 fully saturated rings. The van der Waals surface area contributed by atoms with Gasteiger partial charge in [-0.1, -0.05) is 5.21 Å². The maximum absolute atomic E-state index is 12.7. The molecule has 0 saturated carbocycles. The van der Waals surface area contributed by atoms with Crippen molar-refractivity contribution in [2.45, 2.75) is 6.42 Å². The summed E-state index contributed by atoms with van der Waals surface area (Å²) in [5.41, 5.74) is 1.02. The Kier molecular flexibility index (Phi) is 2.63. The van der Waals surface area contributed by atoms with E-state index in [1.54, 1.807) is 0 Å². The fourth-order valence-electron chi connectivity index (χ4n) is 1.33. The van der Waals surface area contributed by atoms with Crippen molar-refractivity contribution in [3.05, 3.63) is 42.0 Å². The molecule has 82 valence electrons. The number of hydrogen-bond acceptors (Lipinski definition) is 3. The van der Waals surface area contributed by atoms with Gasteiger partial charge in [0.05, 0.1) is 24.0 Å². The third-order valence-electron chi connectivity index (χ3n) is 2.02. The highest BCUT2D eigenvalue weighted by Gasteiger charge is 2.09. The van der Waals surface area contributed by atoms with Crippen LogP contribution in [0.4, 0.5) is 4.39 Å². The van der Waals surface area contributed by atoms with E-state index in [1.165, 1.54) is 35.1 Å². The van der Waals surface area contributed by atoms with Crippen molar-refractivity contribution < 1.29 is 14.3 Å². The van der Waals surface area contributed by atoms with Gasteiger partial charge in [-0.05, 0) is 24.3 Å². The van der Waals surface area contributed by atoms with Gasteiger partial charge in [0, 0.05) is 0 Å². The molecule has 0 aliphatic rings. The van der Waals surface area contributed by atoms with Gasteiger partial charge in [0.25, 0.3) is 0 Å². The van der Waals surface area contributed by atoms with Crippen molar-refractivity contribution in [1.29, 1.82) is 0 Å². The summed E-state index contributed by atoms with van der Waals surface area (Å²) >= 11 is 0. The van der Waals surface area contributed by atoms with Crippen LogP contribution in [0.5, 0.6) is 0 Å². The van der Waals surface area contributed by atoms with E-state index in [4.69, 9.17) is 5.11 Å². The molecule has 0 atom stereocenters. The predicted octanol–water partition coefficient (Wildman–Crippen LogP) is 1.03. The van der Waals surface area contributed by atoms with Crippen LogP contribution in [0.3, 0.4) is 0 Å². The SMILES string of the molecule is O=C(O)Cc1cnnn1-c1ccc(F)cc1. The lowest BCUT2D eigenvalue weighted by atomic mass is 10.3. The summed E-state index contributed by atoms with van der Waals surface area (Å²) in [5.74, 6) is -1.32. The molecule has 0 spiro atoms. The maximum atomic E-state index is 12.7. The van der Waals surface area contributed by atoms with E-state index < -0.39 is 5.97 Å². The maximum Gasteiger partial charge on any atom is 0.309 e. The van der Waals surface area contributed by atoms with E-state index in [-0.39, 0.29) is 12.2 Å². The summed E-state index contributed by atoms with van der Waals surface area (Å²) in [6.45, 7) is 0. The lowest BCUT2D eigenvalue weighted by Crippen LogP contribution is -2.07. The van der Waals surface area contributed by atoms with Crippen LogP contribution in [0, 0.1) is 5.82 Å². The molecule has 0 bridgehead atoms. The van der Waals surface area contributed by atoms with E-state index >= 15 is 0 Å². The zero-order valence-electron chi connectivity index (χ0n) is 8.17. The molecule has 1 aromatic heterocycles. The van der Waals surface area contributed by atoms with Crippen molar-refractivity contribution in [2.24, 2.45) is 0 Å². The number of benzene rings is 1. The Morgan fingerprint density at radius 1 is 1.38 bits per heavy atom. The second-order valence-corrected chi connectivity index (χ2v) is 3.18. The number of carbonyl (C=O) groups is 1. The fraction of sp³-hybridized carbons (Fsp3) is 0.100. The van der Waals surface area contributed by atoms with Gasteiger partial charge in [-0.15, -0.1) is 5.10 Å². The quantitative estimate of drug-likeness (QED) is 0.840. The van der Waals surface area contributed by atoms with Crippen molar-refractivity contribution >= 4 is 5.97 Å². The van der Waals surface area contributed by atoms with Gasteiger partial charge in [0.15, 0.2) is 0 Å². The third-order valence-corrected chi connectivity index (χ3v) is 2.02. The van der Waals surface area contributed by atoms with Crippen molar-refractivity contribution in [2.75, 3.05) is 0 Å². The van der Waals surface area contributed by atoms with Crippen LogP contribution in [0.15, 0.2) is 30.5 Å². The number of aromatic nitrogens is 3. The molecular formula is C10H8FN3O2. The number of halogens is 1. The van der Waals surface area contributed by atoms with Gasteiger partial charge in [0.1, 0.15) is 5.82 Å². The Bertz CT molecular complexity index is 507. The highest BCUT2D eigenvalue weighted by atomic mass is 19.1. The standard InChI is InChI=1S/C10H8FN3O2/c11-7-1-3-8(4-2-7)14-9(5-10(15)16)6-12-13-14/h1-4,6H,5H2,(H,15,16). The Morgan fingerprint density at radius 2 is 2.06 bits per heavy atom. The molecule has 16 heavy (non-hydrogen) atoms. The molecule has 1 heterocycles. The first-order chi connectivity index (χ1) is 7.66. The Morgan fingerprint density at radius 3 is 2.69 bits per heavy atom. The number of carboxylic acids is 1. The lowest BCUT2D eigenvalue weighted by Gasteiger charge is -2.03. The summed E-state index contributed by atoms with van der Waals surface area (Å²) in [6.07, 6.45) is 1.20. The van der Waals surface area contributed by atoms with Crippen LogP contribution in [0.25, 0.3) is 5.69 Å². The summed E-state index contributed by atoms with van der Waals surface area (Å²) < 4.78 is 14.1. The first-order valence-electron chi connectivity index (χ1n) is 4.54. The Labute approximate surface area is 90.1 Å². The minimum Gasteiger partial charge on any atom is -0.481 e. The normalized spacial score (nSPS) is 10.3. The van der Waals surface area contributed by atoms with Crippen LogP contribution in [0.1, 0.15) is 5.69 Å². The Hall–Kier alpha value is -2.24. The molecule has 6 heteroatoms. The van der Waals surface area contributed by atoms with Gasteiger partial charge in [0.2, 0.25) is 0 Å². The van der Waals surface area contributed by atoms with Crippen LogP contribution < -0.4 is 0 Å². The second-order valence-electron chi connectivity index (χ2n) is 3.18. The van der Waals surface area contributed by atoms with Crippen molar-refractivity contribution in [3.63, 3.8) is 0 Å². The van der Waals surface area contributed by atoms with Crippen LogP contribution in [-0.4, -0.2) is 26.1 Å². The summed E-state index contributed by atoms with van der Waals surface area (Å²) in [7, 11) is 0. The van der Waals surface area contributed by atoms with Crippen LogP contribution >= 0.6 is 0 Å². The van der Waals surface area contributed by atoms with Gasteiger partial charge in [-0.3, -0.25) is 4.79 Å². The largest absolute Gasteiger partial charge is 0.481 e.